The number of rotatable bonds is 3. The van der Waals surface area contributed by atoms with Gasteiger partial charge in [0.1, 0.15) is 5.01 Å². The zero-order valence-corrected chi connectivity index (χ0v) is 9.55. The van der Waals surface area contributed by atoms with Gasteiger partial charge in [0.05, 0.1) is 12.1 Å². The third kappa shape index (κ3) is 1.94. The molecule has 15 heavy (non-hydrogen) atoms. The molecule has 1 atom stereocenters. The standard InChI is InChI=1S/C11H16N2OS/c1-4-11(8-14-6-1,13-9-2-3-9)10-12-5-7-15-10/h5,7,9,13H,1-4,6,8H2. The summed E-state index contributed by atoms with van der Waals surface area (Å²) in [6, 6.07) is 0.704. The van der Waals surface area contributed by atoms with Crippen molar-refractivity contribution >= 4 is 11.3 Å². The Balaban J connectivity index is 1.84. The lowest BCUT2D eigenvalue weighted by atomic mass is 9.93. The summed E-state index contributed by atoms with van der Waals surface area (Å²) in [5.74, 6) is 0. The van der Waals surface area contributed by atoms with E-state index in [9.17, 15) is 0 Å². The van der Waals surface area contributed by atoms with Crippen LogP contribution in [-0.4, -0.2) is 24.2 Å². The van der Waals surface area contributed by atoms with Gasteiger partial charge in [-0.25, -0.2) is 4.98 Å². The van der Waals surface area contributed by atoms with E-state index in [4.69, 9.17) is 4.74 Å². The summed E-state index contributed by atoms with van der Waals surface area (Å²) in [5, 5.41) is 6.99. The average Bonchev–Trinajstić information content (AvgIpc) is 2.91. The fraction of sp³-hybridized carbons (Fsp3) is 0.727. The Morgan fingerprint density at radius 3 is 3.07 bits per heavy atom. The fourth-order valence-corrected chi connectivity index (χ4v) is 3.03. The highest BCUT2D eigenvalue weighted by molar-refractivity contribution is 7.09. The first-order valence-electron chi connectivity index (χ1n) is 5.64. The predicted molar refractivity (Wildman–Crippen MR) is 60.0 cm³/mol. The molecule has 2 heterocycles. The summed E-state index contributed by atoms with van der Waals surface area (Å²) in [4.78, 5) is 4.47. The van der Waals surface area contributed by atoms with Crippen LogP contribution in [0.15, 0.2) is 11.6 Å². The first-order chi connectivity index (χ1) is 7.39. The Morgan fingerprint density at radius 1 is 1.53 bits per heavy atom. The van der Waals surface area contributed by atoms with Crippen LogP contribution in [-0.2, 0) is 10.3 Å². The van der Waals surface area contributed by atoms with Crippen molar-refractivity contribution in [2.24, 2.45) is 0 Å². The molecule has 1 aromatic rings. The molecule has 4 heteroatoms. The molecule has 0 radical (unpaired) electrons. The molecule has 1 aromatic heterocycles. The highest BCUT2D eigenvalue weighted by atomic mass is 32.1. The van der Waals surface area contributed by atoms with E-state index in [1.807, 2.05) is 6.20 Å². The quantitative estimate of drug-likeness (QED) is 0.851. The molecule has 2 fully saturated rings. The molecule has 1 aliphatic heterocycles. The van der Waals surface area contributed by atoms with Crippen molar-refractivity contribution in [1.29, 1.82) is 0 Å². The van der Waals surface area contributed by atoms with Gasteiger partial charge in [0.2, 0.25) is 0 Å². The van der Waals surface area contributed by atoms with E-state index in [1.54, 1.807) is 11.3 Å². The van der Waals surface area contributed by atoms with E-state index < -0.39 is 0 Å². The molecule has 0 bridgehead atoms. The molecule has 1 aliphatic carbocycles. The lowest BCUT2D eigenvalue weighted by Crippen LogP contribution is -2.49. The number of nitrogens with one attached hydrogen (secondary N) is 1. The third-order valence-electron chi connectivity index (χ3n) is 3.14. The molecule has 1 unspecified atom stereocenters. The van der Waals surface area contributed by atoms with Crippen LogP contribution in [0.1, 0.15) is 30.7 Å². The van der Waals surface area contributed by atoms with Gasteiger partial charge in [0.15, 0.2) is 0 Å². The molecule has 3 rings (SSSR count). The summed E-state index contributed by atoms with van der Waals surface area (Å²) in [5.41, 5.74) is 0.0214. The van der Waals surface area contributed by atoms with Gasteiger partial charge in [-0.05, 0) is 25.7 Å². The van der Waals surface area contributed by atoms with Gasteiger partial charge in [-0.15, -0.1) is 11.3 Å². The molecule has 0 aromatic carbocycles. The van der Waals surface area contributed by atoms with Crippen LogP contribution in [0, 0.1) is 0 Å². The highest BCUT2D eigenvalue weighted by Gasteiger charge is 2.41. The maximum absolute atomic E-state index is 5.64. The van der Waals surface area contributed by atoms with E-state index >= 15 is 0 Å². The maximum atomic E-state index is 5.64. The predicted octanol–water partition coefficient (Wildman–Crippen LogP) is 1.90. The molecule has 2 aliphatic rings. The van der Waals surface area contributed by atoms with Gasteiger partial charge in [0, 0.05) is 24.2 Å². The molecule has 1 saturated heterocycles. The van der Waals surface area contributed by atoms with E-state index in [-0.39, 0.29) is 5.54 Å². The van der Waals surface area contributed by atoms with Crippen LogP contribution in [0.25, 0.3) is 0 Å². The summed E-state index contributed by atoms with van der Waals surface area (Å²) in [6.07, 6.45) is 6.82. The smallest absolute Gasteiger partial charge is 0.115 e. The van der Waals surface area contributed by atoms with Gasteiger partial charge >= 0.3 is 0 Å². The average molecular weight is 224 g/mol. The SMILES string of the molecule is c1csc(C2(NC3CC3)CCCOC2)n1. The monoisotopic (exact) mass is 224 g/mol. The first-order valence-corrected chi connectivity index (χ1v) is 6.52. The fourth-order valence-electron chi connectivity index (χ4n) is 2.22. The first kappa shape index (κ1) is 9.75. The van der Waals surface area contributed by atoms with Crippen molar-refractivity contribution in [3.8, 4) is 0 Å². The van der Waals surface area contributed by atoms with Gasteiger partial charge in [-0.3, -0.25) is 0 Å². The molecule has 1 N–H and O–H groups in total. The number of nitrogens with zero attached hydrogens (tertiary/aromatic N) is 1. The van der Waals surface area contributed by atoms with Gasteiger partial charge in [-0.2, -0.15) is 0 Å². The number of hydrogen-bond donors (Lipinski definition) is 1. The van der Waals surface area contributed by atoms with Crippen LogP contribution >= 0.6 is 11.3 Å². The van der Waals surface area contributed by atoms with Crippen LogP contribution in [0.4, 0.5) is 0 Å². The number of hydrogen-bond acceptors (Lipinski definition) is 4. The largest absolute Gasteiger partial charge is 0.379 e. The van der Waals surface area contributed by atoms with Crippen molar-refractivity contribution in [3.05, 3.63) is 16.6 Å². The van der Waals surface area contributed by atoms with Crippen LogP contribution < -0.4 is 5.32 Å². The lowest BCUT2D eigenvalue weighted by Gasteiger charge is -2.36. The number of aromatic nitrogens is 1. The van der Waals surface area contributed by atoms with Crippen LogP contribution in [0.5, 0.6) is 0 Å². The lowest BCUT2D eigenvalue weighted by molar-refractivity contribution is 0.0170. The summed E-state index contributed by atoms with van der Waals surface area (Å²) >= 11 is 1.74. The van der Waals surface area contributed by atoms with E-state index in [0.717, 1.165) is 26.1 Å². The van der Waals surface area contributed by atoms with Gasteiger partial charge < -0.3 is 10.1 Å². The molecular formula is C11H16N2OS. The van der Waals surface area contributed by atoms with Crippen LogP contribution in [0.3, 0.4) is 0 Å². The number of ether oxygens (including phenoxy) is 1. The van der Waals surface area contributed by atoms with Crippen molar-refractivity contribution < 1.29 is 4.74 Å². The zero-order chi connectivity index (χ0) is 10.1. The third-order valence-corrected chi connectivity index (χ3v) is 4.12. The van der Waals surface area contributed by atoms with Crippen molar-refractivity contribution in [1.82, 2.24) is 10.3 Å². The zero-order valence-electron chi connectivity index (χ0n) is 8.74. The second kappa shape index (κ2) is 3.85. The maximum Gasteiger partial charge on any atom is 0.115 e. The minimum atomic E-state index is 0.0214. The summed E-state index contributed by atoms with van der Waals surface area (Å²) in [7, 11) is 0. The molecule has 0 amide bonds. The normalized spacial score (nSPS) is 31.7. The Kier molecular flexibility index (Phi) is 2.50. The molecule has 0 spiro atoms. The Labute approximate surface area is 93.9 Å². The van der Waals surface area contributed by atoms with E-state index in [1.165, 1.54) is 17.8 Å². The van der Waals surface area contributed by atoms with E-state index in [2.05, 4.69) is 15.7 Å². The van der Waals surface area contributed by atoms with Gasteiger partial charge in [-0.1, -0.05) is 0 Å². The van der Waals surface area contributed by atoms with Gasteiger partial charge in [0.25, 0.3) is 0 Å². The molecule has 82 valence electrons. The molecular weight excluding hydrogens is 208 g/mol. The second-order valence-corrected chi connectivity index (χ2v) is 5.39. The molecule has 3 nitrogen and oxygen atoms in total. The van der Waals surface area contributed by atoms with Crippen LogP contribution in [0.2, 0.25) is 0 Å². The Morgan fingerprint density at radius 2 is 2.47 bits per heavy atom. The van der Waals surface area contributed by atoms with E-state index in [0.29, 0.717) is 6.04 Å². The molecule has 1 saturated carbocycles. The topological polar surface area (TPSA) is 34.1 Å². The minimum Gasteiger partial charge on any atom is -0.379 e. The summed E-state index contributed by atoms with van der Waals surface area (Å²) in [6.45, 7) is 1.69. The number of thiazole rings is 1. The second-order valence-electron chi connectivity index (χ2n) is 4.49. The Hall–Kier alpha value is -0.450. The Bertz CT molecular complexity index is 315. The summed E-state index contributed by atoms with van der Waals surface area (Å²) < 4.78 is 5.64. The van der Waals surface area contributed by atoms with Crippen molar-refractivity contribution in [3.63, 3.8) is 0 Å². The van der Waals surface area contributed by atoms with Crippen molar-refractivity contribution in [2.75, 3.05) is 13.2 Å². The minimum absolute atomic E-state index is 0.0214. The van der Waals surface area contributed by atoms with Crippen molar-refractivity contribution in [2.45, 2.75) is 37.3 Å². The highest BCUT2D eigenvalue weighted by Crippen LogP contribution is 2.35.